The fourth-order valence-electron chi connectivity index (χ4n) is 4.41. The Morgan fingerprint density at radius 3 is 2.27 bits per heavy atom. The van der Waals surface area contributed by atoms with Crippen LogP contribution in [0.15, 0.2) is 59.5 Å². The SMILES string of the molecule is COC(=O)[C@H]1C[C@]2(Br)c3ccccc3N(S(=O)(=O)c3ccccc3)[C@H]2N1C(=O)OC(C)(C)C. The lowest BCUT2D eigenvalue weighted by atomic mass is 9.96. The first kappa shape index (κ1) is 23.6. The van der Waals surface area contributed by atoms with Gasteiger partial charge in [0.05, 0.1) is 22.0 Å². The summed E-state index contributed by atoms with van der Waals surface area (Å²) in [5.74, 6) is -0.649. The van der Waals surface area contributed by atoms with Crippen LogP contribution >= 0.6 is 15.9 Å². The van der Waals surface area contributed by atoms with Crippen molar-refractivity contribution < 1.29 is 27.5 Å². The Morgan fingerprint density at radius 1 is 1.06 bits per heavy atom. The normalized spacial score (nSPS) is 24.3. The van der Waals surface area contributed by atoms with Gasteiger partial charge in [-0.3, -0.25) is 4.90 Å². The van der Waals surface area contributed by atoms with Gasteiger partial charge in [-0.1, -0.05) is 52.3 Å². The van der Waals surface area contributed by atoms with Gasteiger partial charge in [0, 0.05) is 6.42 Å². The summed E-state index contributed by atoms with van der Waals surface area (Å²) in [5.41, 5.74) is 0.235. The number of rotatable bonds is 3. The number of sulfonamides is 1. The summed E-state index contributed by atoms with van der Waals surface area (Å²) in [7, 11) is -2.88. The van der Waals surface area contributed by atoms with Crippen molar-refractivity contribution in [2.45, 2.75) is 54.2 Å². The molecule has 2 aromatic rings. The third kappa shape index (κ3) is 3.78. The molecule has 0 bridgehead atoms. The Bertz CT molecular complexity index is 1200. The largest absolute Gasteiger partial charge is 0.467 e. The van der Waals surface area contributed by atoms with Crippen LogP contribution in [0, 0.1) is 0 Å². The predicted octanol–water partition coefficient (Wildman–Crippen LogP) is 3.99. The Morgan fingerprint density at radius 2 is 1.67 bits per heavy atom. The number of hydrogen-bond donors (Lipinski definition) is 0. The Balaban J connectivity index is 1.94. The molecule has 1 fully saturated rings. The van der Waals surface area contributed by atoms with E-state index in [1.807, 2.05) is 0 Å². The van der Waals surface area contributed by atoms with Crippen molar-refractivity contribution in [2.24, 2.45) is 0 Å². The number of para-hydroxylation sites is 1. The van der Waals surface area contributed by atoms with Crippen molar-refractivity contribution in [3.63, 3.8) is 0 Å². The number of carbonyl (C=O) groups is 2. The van der Waals surface area contributed by atoms with Gasteiger partial charge in [0.2, 0.25) is 0 Å². The van der Waals surface area contributed by atoms with Gasteiger partial charge in [0.15, 0.2) is 0 Å². The maximum Gasteiger partial charge on any atom is 0.412 e. The quantitative estimate of drug-likeness (QED) is 0.434. The van der Waals surface area contributed by atoms with E-state index in [1.165, 1.54) is 28.4 Å². The molecule has 1 amide bonds. The minimum Gasteiger partial charge on any atom is -0.467 e. The van der Waals surface area contributed by atoms with E-state index in [0.717, 1.165) is 0 Å². The van der Waals surface area contributed by atoms with Crippen LogP contribution in [-0.2, 0) is 28.6 Å². The van der Waals surface area contributed by atoms with Gasteiger partial charge in [-0.05, 0) is 44.5 Å². The van der Waals surface area contributed by atoms with Crippen LogP contribution in [0.3, 0.4) is 0 Å². The highest BCUT2D eigenvalue weighted by atomic mass is 79.9. The number of fused-ring (bicyclic) bond motifs is 3. The van der Waals surface area contributed by atoms with Crippen LogP contribution in [0.1, 0.15) is 32.8 Å². The van der Waals surface area contributed by atoms with Crippen molar-refractivity contribution in [2.75, 3.05) is 11.4 Å². The van der Waals surface area contributed by atoms with E-state index < -0.39 is 44.2 Å². The van der Waals surface area contributed by atoms with Gasteiger partial charge in [-0.25, -0.2) is 22.3 Å². The fourth-order valence-corrected chi connectivity index (χ4v) is 7.31. The number of esters is 1. The van der Waals surface area contributed by atoms with Crippen LogP contribution < -0.4 is 4.31 Å². The standard InChI is InChI=1S/C23H25BrN2O6S/c1-22(2,3)32-21(28)25-18(19(27)31-4)14-23(24)16-12-8-9-13-17(16)26(20(23)25)33(29,30)15-10-6-5-7-11-15/h5-13,18,20H,14H2,1-4H3/t18-,20-,23+/m1/s1. The third-order valence-corrected chi connectivity index (χ3v) is 8.63. The second-order valence-electron chi connectivity index (χ2n) is 9.00. The molecule has 2 aromatic carbocycles. The fraction of sp³-hybridized carbons (Fsp3) is 0.391. The zero-order chi connectivity index (χ0) is 24.2. The smallest absolute Gasteiger partial charge is 0.412 e. The number of ether oxygens (including phenoxy) is 2. The second kappa shape index (κ2) is 8.02. The van der Waals surface area contributed by atoms with E-state index in [1.54, 1.807) is 63.2 Å². The number of likely N-dealkylation sites (tertiary alicyclic amines) is 1. The van der Waals surface area contributed by atoms with Gasteiger partial charge in [0.1, 0.15) is 17.8 Å². The molecule has 0 saturated carbocycles. The number of halogens is 1. The molecule has 4 rings (SSSR count). The van der Waals surface area contributed by atoms with Crippen LogP contribution in [-0.4, -0.2) is 50.3 Å². The number of hydrogen-bond acceptors (Lipinski definition) is 6. The van der Waals surface area contributed by atoms with Gasteiger partial charge >= 0.3 is 12.1 Å². The predicted molar refractivity (Wildman–Crippen MR) is 125 cm³/mol. The Kier molecular flexibility index (Phi) is 5.73. The number of methoxy groups -OCH3 is 1. The molecule has 0 radical (unpaired) electrons. The average Bonchev–Trinajstić information content (AvgIpc) is 3.20. The van der Waals surface area contributed by atoms with Gasteiger partial charge in [-0.2, -0.15) is 0 Å². The number of anilines is 1. The number of benzene rings is 2. The van der Waals surface area contributed by atoms with E-state index >= 15 is 0 Å². The molecule has 0 unspecified atom stereocenters. The summed E-state index contributed by atoms with van der Waals surface area (Å²) in [6.07, 6.45) is -1.77. The zero-order valence-corrected chi connectivity index (χ0v) is 21.1. The lowest BCUT2D eigenvalue weighted by molar-refractivity contribution is -0.146. The monoisotopic (exact) mass is 536 g/mol. The molecule has 176 valence electrons. The maximum absolute atomic E-state index is 13.9. The molecule has 2 heterocycles. The highest BCUT2D eigenvalue weighted by Crippen LogP contribution is 2.59. The number of amides is 1. The van der Waals surface area contributed by atoms with Crippen molar-refractivity contribution in [3.8, 4) is 0 Å². The highest BCUT2D eigenvalue weighted by Gasteiger charge is 2.66. The lowest BCUT2D eigenvalue weighted by Crippen LogP contribution is -2.56. The van der Waals surface area contributed by atoms with E-state index in [9.17, 15) is 18.0 Å². The molecule has 10 heteroatoms. The molecule has 33 heavy (non-hydrogen) atoms. The van der Waals surface area contributed by atoms with Crippen LogP contribution in [0.5, 0.6) is 0 Å². The Labute approximate surface area is 201 Å². The molecule has 2 aliphatic rings. The Hall–Kier alpha value is -2.59. The molecule has 8 nitrogen and oxygen atoms in total. The first-order chi connectivity index (χ1) is 15.4. The number of alkyl halides is 1. The molecule has 0 N–H and O–H groups in total. The van der Waals surface area contributed by atoms with Crippen LogP contribution in [0.4, 0.5) is 10.5 Å². The molecular weight excluding hydrogens is 512 g/mol. The van der Waals surface area contributed by atoms with Crippen molar-refractivity contribution in [1.82, 2.24) is 4.90 Å². The molecule has 3 atom stereocenters. The lowest BCUT2D eigenvalue weighted by Gasteiger charge is -2.37. The molecular formula is C23H25BrN2O6S. The number of carbonyl (C=O) groups excluding carboxylic acids is 2. The minimum atomic E-state index is -4.11. The topological polar surface area (TPSA) is 93.2 Å². The molecule has 1 saturated heterocycles. The van der Waals surface area contributed by atoms with E-state index in [-0.39, 0.29) is 11.3 Å². The van der Waals surface area contributed by atoms with E-state index in [2.05, 4.69) is 15.9 Å². The first-order valence-corrected chi connectivity index (χ1v) is 12.6. The van der Waals surface area contributed by atoms with Crippen molar-refractivity contribution >= 4 is 43.7 Å². The van der Waals surface area contributed by atoms with E-state index in [4.69, 9.17) is 9.47 Å². The summed E-state index contributed by atoms with van der Waals surface area (Å²) >= 11 is 3.74. The highest BCUT2D eigenvalue weighted by molar-refractivity contribution is 9.09. The molecule has 2 aliphatic heterocycles. The van der Waals surface area contributed by atoms with Gasteiger partial charge in [0.25, 0.3) is 10.0 Å². The maximum atomic E-state index is 13.9. The summed E-state index contributed by atoms with van der Waals surface area (Å²) in [4.78, 5) is 27.4. The average molecular weight is 537 g/mol. The first-order valence-electron chi connectivity index (χ1n) is 10.4. The number of nitrogens with zero attached hydrogens (tertiary/aromatic N) is 2. The minimum absolute atomic E-state index is 0.0715. The van der Waals surface area contributed by atoms with Crippen LogP contribution in [0.2, 0.25) is 0 Å². The summed E-state index contributed by atoms with van der Waals surface area (Å²) in [5, 5.41) is 0. The summed E-state index contributed by atoms with van der Waals surface area (Å²) < 4.78 is 38.5. The van der Waals surface area contributed by atoms with E-state index in [0.29, 0.717) is 11.3 Å². The molecule has 0 aromatic heterocycles. The van der Waals surface area contributed by atoms with Crippen molar-refractivity contribution in [1.29, 1.82) is 0 Å². The van der Waals surface area contributed by atoms with Crippen molar-refractivity contribution in [3.05, 3.63) is 60.2 Å². The van der Waals surface area contributed by atoms with Crippen LogP contribution in [0.25, 0.3) is 0 Å². The summed E-state index contributed by atoms with van der Waals surface area (Å²) in [6, 6.07) is 14.0. The zero-order valence-electron chi connectivity index (χ0n) is 18.7. The van der Waals surface area contributed by atoms with Gasteiger partial charge < -0.3 is 9.47 Å². The molecule has 0 spiro atoms. The van der Waals surface area contributed by atoms with Gasteiger partial charge in [-0.15, -0.1) is 0 Å². The second-order valence-corrected chi connectivity index (χ2v) is 12.2. The molecule has 0 aliphatic carbocycles. The third-order valence-electron chi connectivity index (χ3n) is 5.69. The summed E-state index contributed by atoms with van der Waals surface area (Å²) in [6.45, 7) is 5.12.